The van der Waals surface area contributed by atoms with Crippen molar-refractivity contribution in [2.24, 2.45) is 0 Å². The van der Waals surface area contributed by atoms with Gasteiger partial charge in [-0.2, -0.15) is 15.6 Å². The minimum Gasteiger partial charge on any atom is -0.346 e. The van der Waals surface area contributed by atoms with Crippen LogP contribution in [-0.4, -0.2) is 35.7 Å². The van der Waals surface area contributed by atoms with E-state index in [0.29, 0.717) is 40.5 Å². The fraction of sp³-hybridized carbons (Fsp3) is 0.167. The molecule has 5 aromatic rings. The maximum absolute atomic E-state index is 13.7. The Bertz CT molecular complexity index is 1700. The quantitative estimate of drug-likeness (QED) is 0.450. The van der Waals surface area contributed by atoms with E-state index < -0.39 is 0 Å². The van der Waals surface area contributed by atoms with Gasteiger partial charge in [-0.1, -0.05) is 18.2 Å². The maximum atomic E-state index is 13.7. The first-order valence-electron chi connectivity index (χ1n) is 10.8. The fourth-order valence-electron chi connectivity index (χ4n) is 4.76. The van der Waals surface area contributed by atoms with Crippen molar-refractivity contribution in [3.63, 3.8) is 0 Å². The Balaban J connectivity index is 1.61. The number of hydrogen-bond acceptors (Lipinski definition) is 7. The third-order valence-corrected chi connectivity index (χ3v) is 6.24. The molecule has 0 aliphatic carbocycles. The predicted octanol–water partition coefficient (Wildman–Crippen LogP) is 2.84. The average Bonchev–Trinajstić information content (AvgIpc) is 3.61. The van der Waals surface area contributed by atoms with Crippen molar-refractivity contribution in [3.05, 3.63) is 82.4 Å². The zero-order valence-electron chi connectivity index (χ0n) is 17.9. The van der Waals surface area contributed by atoms with Gasteiger partial charge < -0.3 is 9.88 Å². The number of fused-ring (bicyclic) bond motifs is 2. The highest BCUT2D eigenvalue weighted by atomic mass is 16.1. The molecule has 1 aromatic carbocycles. The van der Waals surface area contributed by atoms with Crippen LogP contribution in [0.15, 0.2) is 59.9 Å². The van der Waals surface area contributed by atoms with Crippen molar-refractivity contribution >= 4 is 22.4 Å². The van der Waals surface area contributed by atoms with Gasteiger partial charge in [0.05, 0.1) is 28.2 Å². The second kappa shape index (κ2) is 7.57. The lowest BCUT2D eigenvalue weighted by atomic mass is 10.1. The zero-order valence-corrected chi connectivity index (χ0v) is 17.9. The van der Waals surface area contributed by atoms with Crippen LogP contribution < -0.4 is 10.5 Å². The van der Waals surface area contributed by atoms with Crippen molar-refractivity contribution in [3.8, 4) is 17.8 Å². The molecule has 34 heavy (non-hydrogen) atoms. The first-order valence-corrected chi connectivity index (χ1v) is 10.8. The highest BCUT2D eigenvalue weighted by molar-refractivity contribution is 5.93. The average molecular weight is 447 g/mol. The van der Waals surface area contributed by atoms with Crippen molar-refractivity contribution < 1.29 is 0 Å². The van der Waals surface area contributed by atoms with Gasteiger partial charge in [-0.05, 0) is 31.0 Å². The van der Waals surface area contributed by atoms with Crippen LogP contribution in [0.2, 0.25) is 0 Å². The number of para-hydroxylation sites is 1. The van der Waals surface area contributed by atoms with Crippen LogP contribution in [0, 0.1) is 22.7 Å². The predicted molar refractivity (Wildman–Crippen MR) is 123 cm³/mol. The smallest absolute Gasteiger partial charge is 0.283 e. The molecule has 0 saturated carbocycles. The minimum absolute atomic E-state index is 0.237. The lowest BCUT2D eigenvalue weighted by Gasteiger charge is -2.27. The molecule has 0 unspecified atom stereocenters. The van der Waals surface area contributed by atoms with E-state index >= 15 is 0 Å². The molecule has 1 fully saturated rings. The monoisotopic (exact) mass is 447 g/mol. The largest absolute Gasteiger partial charge is 0.346 e. The number of aromatic amines is 1. The lowest BCUT2D eigenvalue weighted by molar-refractivity contribution is 0.602. The Labute approximate surface area is 193 Å². The Morgan fingerprint density at radius 1 is 1.06 bits per heavy atom. The van der Waals surface area contributed by atoms with Gasteiger partial charge in [0.1, 0.15) is 35.4 Å². The minimum atomic E-state index is -0.309. The van der Waals surface area contributed by atoms with Crippen LogP contribution in [0.3, 0.4) is 0 Å². The molecule has 0 bridgehead atoms. The third kappa shape index (κ3) is 2.79. The number of aromatic nitrogens is 6. The Hall–Kier alpha value is -4.96. The summed E-state index contributed by atoms with van der Waals surface area (Å²) in [6.45, 7) is 0.685. The summed E-state index contributed by atoms with van der Waals surface area (Å²) in [6, 6.07) is 14.9. The molecule has 0 radical (unpaired) electrons. The van der Waals surface area contributed by atoms with Crippen LogP contribution in [-0.2, 0) is 0 Å². The van der Waals surface area contributed by atoms with Crippen molar-refractivity contribution in [1.82, 2.24) is 29.1 Å². The molecule has 5 heterocycles. The van der Waals surface area contributed by atoms with E-state index in [1.54, 1.807) is 23.0 Å². The summed E-state index contributed by atoms with van der Waals surface area (Å²) < 4.78 is 3.07. The molecule has 0 amide bonds. The van der Waals surface area contributed by atoms with Gasteiger partial charge in [-0.15, -0.1) is 0 Å². The molecule has 0 spiro atoms. The topological polar surface area (TPSA) is 132 Å². The third-order valence-electron chi connectivity index (χ3n) is 6.24. The summed E-state index contributed by atoms with van der Waals surface area (Å²) >= 11 is 0. The van der Waals surface area contributed by atoms with E-state index in [1.807, 2.05) is 30.3 Å². The molecule has 1 aliphatic rings. The SMILES string of the molecule is N#Cc1c[nH]c2ncnc(N3CCC[C@H]3c3nn4ccc(C#N)c4c(=O)n3-c3ccccc3)c12. The van der Waals surface area contributed by atoms with E-state index in [9.17, 15) is 15.3 Å². The van der Waals surface area contributed by atoms with Crippen LogP contribution in [0.1, 0.15) is 35.8 Å². The number of nitrogens with zero attached hydrogens (tertiary/aromatic N) is 8. The number of rotatable bonds is 3. The van der Waals surface area contributed by atoms with Crippen molar-refractivity contribution in [2.45, 2.75) is 18.9 Å². The molecular weight excluding hydrogens is 430 g/mol. The van der Waals surface area contributed by atoms with E-state index in [-0.39, 0.29) is 22.7 Å². The number of nitriles is 2. The van der Waals surface area contributed by atoms with E-state index in [2.05, 4.69) is 32.0 Å². The number of benzene rings is 1. The molecule has 10 heteroatoms. The van der Waals surface area contributed by atoms with Crippen molar-refractivity contribution in [1.29, 1.82) is 10.5 Å². The second-order valence-corrected chi connectivity index (χ2v) is 8.06. The number of H-pyrrole nitrogens is 1. The maximum Gasteiger partial charge on any atom is 0.283 e. The zero-order chi connectivity index (χ0) is 23.2. The summed E-state index contributed by atoms with van der Waals surface area (Å²) in [5.41, 5.74) is 1.92. The van der Waals surface area contributed by atoms with Crippen LogP contribution in [0.4, 0.5) is 5.82 Å². The Morgan fingerprint density at radius 2 is 1.88 bits per heavy atom. The molecular formula is C24H17N9O. The van der Waals surface area contributed by atoms with Gasteiger partial charge in [0.2, 0.25) is 0 Å². The molecule has 1 saturated heterocycles. The summed E-state index contributed by atoms with van der Waals surface area (Å²) in [6.07, 6.45) is 6.34. The Kier molecular flexibility index (Phi) is 4.39. The van der Waals surface area contributed by atoms with E-state index in [1.165, 1.54) is 10.8 Å². The van der Waals surface area contributed by atoms with Gasteiger partial charge in [0.25, 0.3) is 5.56 Å². The van der Waals surface area contributed by atoms with Crippen LogP contribution >= 0.6 is 0 Å². The first-order chi connectivity index (χ1) is 16.7. The fourth-order valence-corrected chi connectivity index (χ4v) is 4.76. The van der Waals surface area contributed by atoms with Gasteiger partial charge in [0, 0.05) is 18.9 Å². The molecule has 164 valence electrons. The van der Waals surface area contributed by atoms with Gasteiger partial charge in [-0.25, -0.2) is 14.5 Å². The Morgan fingerprint density at radius 3 is 2.68 bits per heavy atom. The van der Waals surface area contributed by atoms with Gasteiger partial charge in [-0.3, -0.25) is 9.36 Å². The number of anilines is 1. The van der Waals surface area contributed by atoms with Gasteiger partial charge in [0.15, 0.2) is 5.82 Å². The summed E-state index contributed by atoms with van der Waals surface area (Å²) in [5, 5.41) is 24.6. The molecule has 6 rings (SSSR count). The lowest BCUT2D eigenvalue weighted by Crippen LogP contribution is -2.33. The highest BCUT2D eigenvalue weighted by Gasteiger charge is 2.34. The normalized spacial score (nSPS) is 15.6. The molecule has 1 aliphatic heterocycles. The van der Waals surface area contributed by atoms with Crippen LogP contribution in [0.5, 0.6) is 0 Å². The van der Waals surface area contributed by atoms with Gasteiger partial charge >= 0.3 is 0 Å². The summed E-state index contributed by atoms with van der Waals surface area (Å²) in [4.78, 5) is 27.6. The van der Waals surface area contributed by atoms with Crippen LogP contribution in [0.25, 0.3) is 22.2 Å². The number of hydrogen-bond donors (Lipinski definition) is 1. The molecule has 1 N–H and O–H groups in total. The second-order valence-electron chi connectivity index (χ2n) is 8.06. The molecule has 4 aromatic heterocycles. The molecule has 1 atom stereocenters. The first kappa shape index (κ1) is 19.7. The summed E-state index contributed by atoms with van der Waals surface area (Å²) in [7, 11) is 0. The van der Waals surface area contributed by atoms with E-state index in [0.717, 1.165) is 12.8 Å². The molecule has 10 nitrogen and oxygen atoms in total. The highest BCUT2D eigenvalue weighted by Crippen LogP contribution is 2.38. The number of nitrogens with one attached hydrogen (secondary N) is 1. The van der Waals surface area contributed by atoms with Crippen molar-refractivity contribution in [2.75, 3.05) is 11.4 Å². The summed E-state index contributed by atoms with van der Waals surface area (Å²) in [5.74, 6) is 1.17. The van der Waals surface area contributed by atoms with E-state index in [4.69, 9.17) is 5.10 Å². The standard InChI is InChI=1S/C24H17N9O/c25-11-15-8-10-32-20(15)24(34)33(17-5-2-1-3-6-17)22(30-32)18-7-4-9-31(18)23-19-16(12-26)13-27-21(19)28-14-29-23/h1-3,5-6,8,10,13-14,18H,4,7,9H2,(H,27,28,29)/t18-/m0/s1.